The molecule has 5 nitrogen and oxygen atoms in total. The molecular formula is C56H43N5. The van der Waals surface area contributed by atoms with Crippen LogP contribution in [-0.2, 0) is 5.41 Å². The first kappa shape index (κ1) is 36.7. The molecular weight excluding hydrogens is 743 g/mol. The van der Waals surface area contributed by atoms with Gasteiger partial charge in [-0.25, -0.2) is 24.9 Å². The van der Waals surface area contributed by atoms with Crippen LogP contribution in [0.5, 0.6) is 0 Å². The molecule has 0 unspecified atom stereocenters. The second kappa shape index (κ2) is 15.7. The predicted octanol–water partition coefficient (Wildman–Crippen LogP) is 13.8. The van der Waals surface area contributed by atoms with E-state index in [1.54, 1.807) is 0 Å². The summed E-state index contributed by atoms with van der Waals surface area (Å²) in [4.78, 5) is 25.5. The van der Waals surface area contributed by atoms with Gasteiger partial charge in [-0.15, -0.1) is 0 Å². The van der Waals surface area contributed by atoms with Crippen LogP contribution in [0.25, 0.3) is 90.3 Å². The van der Waals surface area contributed by atoms with Crippen molar-refractivity contribution >= 4 is 0 Å². The number of aromatic nitrogens is 5. The molecule has 5 heteroatoms. The number of benzene rings is 7. The van der Waals surface area contributed by atoms with Crippen molar-refractivity contribution in [2.24, 2.45) is 5.92 Å². The Balaban J connectivity index is 0.964. The average Bonchev–Trinajstić information content (AvgIpc) is 3.98. The summed E-state index contributed by atoms with van der Waals surface area (Å²) >= 11 is 0. The van der Waals surface area contributed by atoms with Crippen LogP contribution in [0.2, 0.25) is 0 Å². The molecule has 61 heavy (non-hydrogen) atoms. The van der Waals surface area contributed by atoms with E-state index >= 15 is 0 Å². The van der Waals surface area contributed by atoms with E-state index in [2.05, 4.69) is 152 Å². The van der Waals surface area contributed by atoms with Crippen molar-refractivity contribution in [1.29, 1.82) is 0 Å². The van der Waals surface area contributed by atoms with E-state index < -0.39 is 0 Å². The largest absolute Gasteiger partial charge is 0.228 e. The van der Waals surface area contributed by atoms with E-state index in [9.17, 15) is 0 Å². The van der Waals surface area contributed by atoms with E-state index in [-0.39, 0.29) is 0 Å². The van der Waals surface area contributed by atoms with Crippen molar-refractivity contribution < 1.29 is 0 Å². The van der Waals surface area contributed by atoms with Crippen molar-refractivity contribution in [3.8, 4) is 90.3 Å². The van der Waals surface area contributed by atoms with Gasteiger partial charge in [-0.3, -0.25) is 0 Å². The number of fused-ring (bicyclic) bond motifs is 2. The topological polar surface area (TPSA) is 64.5 Å². The maximum absolute atomic E-state index is 5.20. The Morgan fingerprint density at radius 1 is 0.311 bits per heavy atom. The van der Waals surface area contributed by atoms with Gasteiger partial charge in [0.15, 0.2) is 23.3 Å². The van der Waals surface area contributed by atoms with Crippen LogP contribution in [0.3, 0.4) is 0 Å². The Morgan fingerprint density at radius 3 is 1.26 bits per heavy atom. The van der Waals surface area contributed by atoms with E-state index in [1.807, 2.05) is 42.5 Å². The number of nitrogens with zero attached hydrogens (tertiary/aromatic N) is 5. The highest BCUT2D eigenvalue weighted by atomic mass is 15.0. The van der Waals surface area contributed by atoms with E-state index in [0.29, 0.717) is 22.9 Å². The Labute approximate surface area is 357 Å². The van der Waals surface area contributed by atoms with Crippen molar-refractivity contribution in [3.05, 3.63) is 200 Å². The fourth-order valence-corrected chi connectivity index (χ4v) is 9.55. The average molecular weight is 786 g/mol. The maximum Gasteiger partial charge on any atom is 0.164 e. The number of rotatable bonds is 9. The summed E-state index contributed by atoms with van der Waals surface area (Å²) in [6, 6.07) is 67.8. The van der Waals surface area contributed by atoms with Gasteiger partial charge in [-0.1, -0.05) is 170 Å². The van der Waals surface area contributed by atoms with Gasteiger partial charge in [0.2, 0.25) is 0 Å². The molecule has 11 rings (SSSR count). The SMILES string of the molecule is c1ccc(-c2ccc(-c3nc(-c4ccccc4)nc(-c4cccc(-c5cccc(-c6cc(-c7cccc(C89CCC(CC8)C9)c7)nc(-c7ccccc7)n6)c5)c4)n3)cc2)cc1. The molecule has 2 saturated carbocycles. The molecule has 292 valence electrons. The third-order valence-corrected chi connectivity index (χ3v) is 12.8. The highest BCUT2D eigenvalue weighted by molar-refractivity contribution is 5.78. The fourth-order valence-electron chi connectivity index (χ4n) is 9.55. The molecule has 7 aromatic carbocycles. The first-order valence-electron chi connectivity index (χ1n) is 21.4. The normalized spacial score (nSPS) is 16.8. The Kier molecular flexibility index (Phi) is 9.42. The van der Waals surface area contributed by atoms with E-state index in [1.165, 1.54) is 43.2 Å². The van der Waals surface area contributed by atoms with Crippen molar-refractivity contribution in [3.63, 3.8) is 0 Å². The molecule has 2 bridgehead atoms. The minimum Gasteiger partial charge on any atom is -0.228 e. The molecule has 2 aliphatic rings. The van der Waals surface area contributed by atoms with E-state index in [0.717, 1.165) is 73.2 Å². The molecule has 2 aliphatic carbocycles. The summed E-state index contributed by atoms with van der Waals surface area (Å²) in [7, 11) is 0. The lowest BCUT2D eigenvalue weighted by Crippen LogP contribution is -2.19. The van der Waals surface area contributed by atoms with Gasteiger partial charge in [-0.2, -0.15) is 0 Å². The van der Waals surface area contributed by atoms with Gasteiger partial charge in [0, 0.05) is 33.4 Å². The van der Waals surface area contributed by atoms with Crippen LogP contribution in [0.4, 0.5) is 0 Å². The summed E-state index contributed by atoms with van der Waals surface area (Å²) in [5.74, 6) is 3.49. The number of hydrogen-bond donors (Lipinski definition) is 0. The summed E-state index contributed by atoms with van der Waals surface area (Å²) < 4.78 is 0. The molecule has 9 aromatic rings. The van der Waals surface area contributed by atoms with Crippen LogP contribution in [0.1, 0.15) is 37.7 Å². The zero-order valence-electron chi connectivity index (χ0n) is 33.8. The molecule has 0 N–H and O–H groups in total. The van der Waals surface area contributed by atoms with E-state index in [4.69, 9.17) is 24.9 Å². The first-order chi connectivity index (χ1) is 30.1. The first-order valence-corrected chi connectivity index (χ1v) is 21.4. The highest BCUT2D eigenvalue weighted by Crippen LogP contribution is 2.55. The zero-order valence-corrected chi connectivity index (χ0v) is 33.8. The van der Waals surface area contributed by atoms with Gasteiger partial charge < -0.3 is 0 Å². The second-order valence-corrected chi connectivity index (χ2v) is 16.6. The highest BCUT2D eigenvalue weighted by Gasteiger charge is 2.45. The molecule has 0 spiro atoms. The number of hydrogen-bond acceptors (Lipinski definition) is 5. The van der Waals surface area contributed by atoms with Crippen LogP contribution >= 0.6 is 0 Å². The molecule has 2 fully saturated rings. The summed E-state index contributed by atoms with van der Waals surface area (Å²) in [5.41, 5.74) is 14.0. The molecule has 0 atom stereocenters. The van der Waals surface area contributed by atoms with Gasteiger partial charge in [0.05, 0.1) is 11.4 Å². The van der Waals surface area contributed by atoms with Crippen LogP contribution in [0.15, 0.2) is 194 Å². The van der Waals surface area contributed by atoms with Gasteiger partial charge in [0.25, 0.3) is 0 Å². The molecule has 0 aliphatic heterocycles. The van der Waals surface area contributed by atoms with Crippen LogP contribution < -0.4 is 0 Å². The molecule has 0 saturated heterocycles. The Bertz CT molecular complexity index is 2990. The van der Waals surface area contributed by atoms with Crippen molar-refractivity contribution in [2.45, 2.75) is 37.5 Å². The monoisotopic (exact) mass is 785 g/mol. The van der Waals surface area contributed by atoms with Gasteiger partial charge in [-0.05, 0) is 95.5 Å². The lowest BCUT2D eigenvalue weighted by molar-refractivity contribution is 0.419. The molecule has 2 heterocycles. The van der Waals surface area contributed by atoms with Gasteiger partial charge in [0.1, 0.15) is 0 Å². The molecule has 0 radical (unpaired) electrons. The standard InChI is InChI=1S/C56H43N5/c1-4-13-39(14-5-1)40-25-27-43(28-26-40)54-59-53(42-17-8-3-9-18-42)60-55(61-54)48-23-11-20-45(34-48)44-19-10-21-46(33-44)50-36-51(58-52(57-50)41-15-6-2-7-16-41)47-22-12-24-49(35-47)56-31-29-38(37-56)30-32-56/h1-28,33-36,38H,29-32,37H2. The Hall–Kier alpha value is -7.37. The molecule has 2 aromatic heterocycles. The predicted molar refractivity (Wildman–Crippen MR) is 247 cm³/mol. The minimum atomic E-state index is 0.321. The lowest BCUT2D eigenvalue weighted by atomic mass is 9.77. The van der Waals surface area contributed by atoms with Gasteiger partial charge >= 0.3 is 0 Å². The quantitative estimate of drug-likeness (QED) is 0.146. The third kappa shape index (κ3) is 7.33. The van der Waals surface area contributed by atoms with Crippen molar-refractivity contribution in [1.82, 2.24) is 24.9 Å². The van der Waals surface area contributed by atoms with Crippen molar-refractivity contribution in [2.75, 3.05) is 0 Å². The van der Waals surface area contributed by atoms with Crippen LogP contribution in [0, 0.1) is 5.92 Å². The summed E-state index contributed by atoms with van der Waals surface area (Å²) in [6.45, 7) is 0. The Morgan fingerprint density at radius 2 is 0.705 bits per heavy atom. The second-order valence-electron chi connectivity index (χ2n) is 16.6. The third-order valence-electron chi connectivity index (χ3n) is 12.8. The zero-order chi connectivity index (χ0) is 40.6. The minimum absolute atomic E-state index is 0.321. The molecule has 0 amide bonds. The fraction of sp³-hybridized carbons (Fsp3) is 0.125. The maximum atomic E-state index is 5.20. The van der Waals surface area contributed by atoms with Crippen LogP contribution in [-0.4, -0.2) is 24.9 Å². The summed E-state index contributed by atoms with van der Waals surface area (Å²) in [6.07, 6.45) is 6.62. The lowest BCUT2D eigenvalue weighted by Gasteiger charge is -2.27. The summed E-state index contributed by atoms with van der Waals surface area (Å²) in [5, 5.41) is 0. The smallest absolute Gasteiger partial charge is 0.164 e.